The first-order valence-electron chi connectivity index (χ1n) is 12.5. The number of aromatic nitrogens is 1. The predicted octanol–water partition coefficient (Wildman–Crippen LogP) is 6.82. The molecule has 37 heavy (non-hydrogen) atoms. The van der Waals surface area contributed by atoms with Crippen LogP contribution >= 0.6 is 34.7 Å². The summed E-state index contributed by atoms with van der Waals surface area (Å²) >= 11 is 9.92. The quantitative estimate of drug-likeness (QED) is 0.324. The van der Waals surface area contributed by atoms with Gasteiger partial charge in [0.15, 0.2) is 11.5 Å². The summed E-state index contributed by atoms with van der Waals surface area (Å²) in [5.74, 6) is 0.702. The van der Waals surface area contributed by atoms with Gasteiger partial charge in [-0.25, -0.2) is 0 Å². The minimum absolute atomic E-state index is 0.112. The number of aryl methyl sites for hydroxylation is 1. The van der Waals surface area contributed by atoms with Gasteiger partial charge in [-0.15, -0.1) is 23.1 Å². The zero-order valence-corrected chi connectivity index (χ0v) is 23.8. The first kappa shape index (κ1) is 26.2. The number of hydrogen-bond donors (Lipinski definition) is 2. The molecule has 1 aliphatic heterocycles. The van der Waals surface area contributed by atoms with Crippen molar-refractivity contribution in [1.82, 2.24) is 10.3 Å². The van der Waals surface area contributed by atoms with Crippen LogP contribution in [0.3, 0.4) is 0 Å². The zero-order chi connectivity index (χ0) is 26.3. The van der Waals surface area contributed by atoms with Gasteiger partial charge in [0.25, 0.3) is 17.3 Å². The highest BCUT2D eigenvalue weighted by atomic mass is 35.5. The molecule has 9 heteroatoms. The summed E-state index contributed by atoms with van der Waals surface area (Å²) in [5, 5.41) is 5.37. The zero-order valence-electron chi connectivity index (χ0n) is 21.4. The van der Waals surface area contributed by atoms with E-state index in [1.165, 1.54) is 16.6 Å². The van der Waals surface area contributed by atoms with E-state index in [1.807, 2.05) is 44.4 Å². The van der Waals surface area contributed by atoms with Crippen LogP contribution in [0, 0.1) is 19.8 Å². The molecule has 5 rings (SSSR count). The van der Waals surface area contributed by atoms with Crippen LogP contribution in [0.2, 0.25) is 5.02 Å². The number of H-pyrrole nitrogens is 1. The molecule has 1 fully saturated rings. The van der Waals surface area contributed by atoms with E-state index in [4.69, 9.17) is 21.1 Å². The van der Waals surface area contributed by atoms with Gasteiger partial charge in [-0.2, -0.15) is 0 Å². The number of nitrogens with one attached hydrogen (secondary N) is 2. The van der Waals surface area contributed by atoms with Crippen molar-refractivity contribution in [3.05, 3.63) is 72.3 Å². The number of ether oxygens (including phenoxy) is 2. The van der Waals surface area contributed by atoms with E-state index in [0.717, 1.165) is 36.3 Å². The second-order valence-electron chi connectivity index (χ2n) is 9.98. The fourth-order valence-electron chi connectivity index (χ4n) is 5.47. The Morgan fingerprint density at radius 2 is 1.95 bits per heavy atom. The number of pyridine rings is 1. The van der Waals surface area contributed by atoms with Crippen LogP contribution in [0.4, 0.5) is 0 Å². The SMILES string of the molecule is CSc1cc(C)[nH]c(=O)c1CNC(=O)c1cc(Cl)c2c(c1C)OC(C)(C1CCC(c3cccs3)CC1)O2. The fourth-order valence-corrected chi connectivity index (χ4v) is 7.31. The fraction of sp³-hybridized carbons (Fsp3) is 0.429. The Hall–Kier alpha value is -2.42. The Kier molecular flexibility index (Phi) is 7.35. The van der Waals surface area contributed by atoms with Crippen molar-refractivity contribution >= 4 is 40.6 Å². The summed E-state index contributed by atoms with van der Waals surface area (Å²) in [4.78, 5) is 30.8. The average molecular weight is 559 g/mol. The highest BCUT2D eigenvalue weighted by Gasteiger charge is 2.47. The van der Waals surface area contributed by atoms with Crippen LogP contribution in [0.1, 0.15) is 70.6 Å². The number of hydrogen-bond acceptors (Lipinski definition) is 6. The summed E-state index contributed by atoms with van der Waals surface area (Å²) in [6, 6.07) is 7.88. The number of thiophene rings is 1. The monoisotopic (exact) mass is 558 g/mol. The number of thioether (sulfide) groups is 1. The molecule has 1 aliphatic carbocycles. The normalized spacial score (nSPS) is 22.7. The summed E-state index contributed by atoms with van der Waals surface area (Å²) in [6.45, 7) is 5.77. The number of benzene rings is 1. The number of aromatic amines is 1. The molecule has 1 unspecified atom stereocenters. The van der Waals surface area contributed by atoms with Crippen molar-refractivity contribution in [3.63, 3.8) is 0 Å². The maximum atomic E-state index is 13.2. The summed E-state index contributed by atoms with van der Waals surface area (Å²) < 4.78 is 12.8. The van der Waals surface area contributed by atoms with Crippen molar-refractivity contribution in [1.29, 1.82) is 0 Å². The standard InChI is InChI=1S/C28H31ClN2O4S2/c1-15-12-23(36-4)20(27(33)31-15)14-30-26(32)19-13-21(29)25-24(16(19)2)34-28(3,35-25)18-9-7-17(8-10-18)22-6-5-11-37-22/h5-6,11-13,17-18H,7-10,14H2,1-4H3,(H,30,32)(H,31,33). The molecule has 1 saturated carbocycles. The van der Waals surface area contributed by atoms with Crippen LogP contribution in [0.15, 0.2) is 39.3 Å². The molecule has 0 radical (unpaired) electrons. The van der Waals surface area contributed by atoms with E-state index in [0.29, 0.717) is 39.1 Å². The van der Waals surface area contributed by atoms with Crippen LogP contribution in [-0.2, 0) is 6.54 Å². The second-order valence-corrected chi connectivity index (χ2v) is 12.2. The van der Waals surface area contributed by atoms with Crippen LogP contribution < -0.4 is 20.3 Å². The Morgan fingerprint density at radius 3 is 2.62 bits per heavy atom. The number of fused-ring (bicyclic) bond motifs is 1. The smallest absolute Gasteiger partial charge is 0.254 e. The molecule has 3 heterocycles. The van der Waals surface area contributed by atoms with Crippen LogP contribution in [0.5, 0.6) is 11.5 Å². The maximum Gasteiger partial charge on any atom is 0.254 e. The van der Waals surface area contributed by atoms with Crippen molar-refractivity contribution in [2.45, 2.75) is 69.6 Å². The molecule has 1 amide bonds. The minimum atomic E-state index is -0.825. The molecule has 2 aromatic heterocycles. The van der Waals surface area contributed by atoms with Gasteiger partial charge < -0.3 is 19.8 Å². The Balaban J connectivity index is 1.31. The number of halogens is 1. The van der Waals surface area contributed by atoms with Crippen molar-refractivity contribution < 1.29 is 14.3 Å². The molecule has 6 nitrogen and oxygen atoms in total. The third kappa shape index (κ3) is 5.03. The van der Waals surface area contributed by atoms with Gasteiger partial charge >= 0.3 is 0 Å². The van der Waals surface area contributed by atoms with E-state index in [1.54, 1.807) is 6.07 Å². The second kappa shape index (κ2) is 10.4. The third-order valence-corrected chi connectivity index (χ3v) is 9.70. The largest absolute Gasteiger partial charge is 0.448 e. The lowest BCUT2D eigenvalue weighted by atomic mass is 9.78. The number of carbonyl (C=O) groups excluding carboxylic acids is 1. The summed E-state index contributed by atoms with van der Waals surface area (Å²) in [5.41, 5.74) is 2.20. The Labute approximate surface area is 230 Å². The molecular formula is C28H31ClN2O4S2. The molecule has 1 atom stereocenters. The minimum Gasteiger partial charge on any atom is -0.448 e. The van der Waals surface area contributed by atoms with Crippen molar-refractivity contribution in [2.24, 2.45) is 5.92 Å². The van der Waals surface area contributed by atoms with Gasteiger partial charge in [0.2, 0.25) is 0 Å². The lowest BCUT2D eigenvalue weighted by molar-refractivity contribution is -0.120. The van der Waals surface area contributed by atoms with E-state index in [2.05, 4.69) is 27.8 Å². The van der Waals surface area contributed by atoms with Crippen molar-refractivity contribution in [3.8, 4) is 11.5 Å². The summed E-state index contributed by atoms with van der Waals surface area (Å²) in [6.07, 6.45) is 6.10. The van der Waals surface area contributed by atoms with Gasteiger partial charge in [-0.1, -0.05) is 17.7 Å². The number of carbonyl (C=O) groups is 1. The Bertz CT molecular complexity index is 1380. The molecule has 2 N–H and O–H groups in total. The van der Waals surface area contributed by atoms with E-state index >= 15 is 0 Å². The molecule has 0 bridgehead atoms. The first-order valence-corrected chi connectivity index (χ1v) is 15.0. The molecule has 196 valence electrons. The topological polar surface area (TPSA) is 80.4 Å². The van der Waals surface area contributed by atoms with Gasteiger partial charge in [-0.05, 0) is 75.3 Å². The highest BCUT2D eigenvalue weighted by Crippen LogP contribution is 2.52. The molecule has 1 aromatic carbocycles. The molecular weight excluding hydrogens is 528 g/mol. The van der Waals surface area contributed by atoms with Crippen LogP contribution in [0.25, 0.3) is 0 Å². The lowest BCUT2D eigenvalue weighted by Gasteiger charge is -2.37. The van der Waals surface area contributed by atoms with E-state index in [9.17, 15) is 9.59 Å². The first-order chi connectivity index (χ1) is 17.7. The molecule has 2 aliphatic rings. The number of rotatable bonds is 6. The van der Waals surface area contributed by atoms with Gasteiger partial charge in [0, 0.05) is 51.5 Å². The molecule has 0 saturated heterocycles. The highest BCUT2D eigenvalue weighted by molar-refractivity contribution is 7.98. The predicted molar refractivity (Wildman–Crippen MR) is 150 cm³/mol. The van der Waals surface area contributed by atoms with Crippen LogP contribution in [-0.4, -0.2) is 22.9 Å². The number of amides is 1. The summed E-state index contributed by atoms with van der Waals surface area (Å²) in [7, 11) is 0. The lowest BCUT2D eigenvalue weighted by Crippen LogP contribution is -2.44. The molecule has 3 aromatic rings. The van der Waals surface area contributed by atoms with E-state index < -0.39 is 5.79 Å². The van der Waals surface area contributed by atoms with Gasteiger partial charge in [-0.3, -0.25) is 9.59 Å². The Morgan fingerprint density at radius 1 is 1.22 bits per heavy atom. The van der Waals surface area contributed by atoms with Gasteiger partial charge in [0.1, 0.15) is 0 Å². The maximum absolute atomic E-state index is 13.2. The average Bonchev–Trinajstić information content (AvgIpc) is 3.54. The van der Waals surface area contributed by atoms with Gasteiger partial charge in [0.05, 0.1) is 5.02 Å². The molecule has 0 spiro atoms. The third-order valence-electron chi connectivity index (χ3n) is 7.58. The van der Waals surface area contributed by atoms with E-state index in [-0.39, 0.29) is 23.9 Å². The van der Waals surface area contributed by atoms with Crippen molar-refractivity contribution in [2.75, 3.05) is 6.26 Å².